The lowest BCUT2D eigenvalue weighted by molar-refractivity contribution is -0.142. The summed E-state index contributed by atoms with van der Waals surface area (Å²) in [7, 11) is -3.22. The minimum absolute atomic E-state index is 0.0829. The molecule has 2 aliphatic heterocycles. The molecule has 0 aromatic heterocycles. The van der Waals surface area contributed by atoms with Crippen molar-refractivity contribution < 1.29 is 23.4 Å². The molecule has 3 unspecified atom stereocenters. The summed E-state index contributed by atoms with van der Waals surface area (Å²) in [5.74, 6) is -1.46. The number of hydrogen-bond acceptors (Lipinski definition) is 6. The van der Waals surface area contributed by atoms with Gasteiger partial charge < -0.3 is 15.9 Å². The molecule has 2 rings (SSSR count). The van der Waals surface area contributed by atoms with Crippen LogP contribution >= 0.6 is 0 Å². The molecule has 4 N–H and O–H groups in total. The summed E-state index contributed by atoms with van der Waals surface area (Å²) in [6.07, 6.45) is -0.679. The molecule has 98 valence electrons. The van der Waals surface area contributed by atoms with Crippen molar-refractivity contribution >= 4 is 15.8 Å². The molecule has 8 heteroatoms. The zero-order chi connectivity index (χ0) is 12.8. The van der Waals surface area contributed by atoms with Gasteiger partial charge in [0.2, 0.25) is 0 Å². The van der Waals surface area contributed by atoms with Crippen molar-refractivity contribution in [1.29, 1.82) is 0 Å². The predicted molar refractivity (Wildman–Crippen MR) is 59.2 cm³/mol. The SMILES string of the molecule is NC1(C(=O)O)CCN(C2CS(=O)(=O)CC2O)C1. The van der Waals surface area contributed by atoms with E-state index < -0.39 is 33.5 Å². The van der Waals surface area contributed by atoms with Crippen LogP contribution in [-0.4, -0.2) is 71.8 Å². The van der Waals surface area contributed by atoms with E-state index in [9.17, 15) is 18.3 Å². The summed E-state index contributed by atoms with van der Waals surface area (Å²) in [5.41, 5.74) is 4.37. The van der Waals surface area contributed by atoms with Gasteiger partial charge in [-0.3, -0.25) is 9.69 Å². The number of aliphatic carboxylic acids is 1. The van der Waals surface area contributed by atoms with Crippen molar-refractivity contribution in [3.8, 4) is 0 Å². The Morgan fingerprint density at radius 1 is 1.41 bits per heavy atom. The van der Waals surface area contributed by atoms with Crippen LogP contribution in [0.15, 0.2) is 0 Å². The third-order valence-corrected chi connectivity index (χ3v) is 5.22. The van der Waals surface area contributed by atoms with Crippen LogP contribution in [-0.2, 0) is 14.6 Å². The molecule has 2 saturated heterocycles. The van der Waals surface area contributed by atoms with Crippen molar-refractivity contribution in [2.75, 3.05) is 24.6 Å². The van der Waals surface area contributed by atoms with Gasteiger partial charge in [0.15, 0.2) is 9.84 Å². The maximum Gasteiger partial charge on any atom is 0.325 e. The number of likely N-dealkylation sites (tertiary alicyclic amines) is 1. The molecule has 7 nitrogen and oxygen atoms in total. The molecule has 3 atom stereocenters. The normalized spacial score (nSPS) is 41.8. The van der Waals surface area contributed by atoms with E-state index in [-0.39, 0.29) is 24.5 Å². The van der Waals surface area contributed by atoms with Gasteiger partial charge in [-0.25, -0.2) is 8.42 Å². The van der Waals surface area contributed by atoms with Gasteiger partial charge >= 0.3 is 5.97 Å². The standard InChI is InChI=1S/C9H16N2O5S/c10-9(8(13)14)1-2-11(5-9)6-3-17(15,16)4-7(6)12/h6-7,12H,1-5,10H2,(H,13,14). The maximum absolute atomic E-state index is 11.4. The first-order chi connectivity index (χ1) is 7.73. The molecule has 0 aromatic rings. The van der Waals surface area contributed by atoms with Crippen LogP contribution in [0.4, 0.5) is 0 Å². The van der Waals surface area contributed by atoms with Crippen LogP contribution in [0.5, 0.6) is 0 Å². The Balaban J connectivity index is 2.10. The monoisotopic (exact) mass is 264 g/mol. The van der Waals surface area contributed by atoms with Crippen LogP contribution < -0.4 is 5.73 Å². The van der Waals surface area contributed by atoms with Crippen molar-refractivity contribution in [2.45, 2.75) is 24.1 Å². The number of sulfone groups is 1. The molecule has 0 radical (unpaired) electrons. The summed E-state index contributed by atoms with van der Waals surface area (Å²) in [6, 6.07) is -0.523. The number of aliphatic hydroxyl groups excluding tert-OH is 1. The van der Waals surface area contributed by atoms with Crippen LogP contribution in [0, 0.1) is 0 Å². The Hall–Kier alpha value is -0.700. The molecular formula is C9H16N2O5S. The molecule has 2 heterocycles. The Morgan fingerprint density at radius 3 is 2.47 bits per heavy atom. The Bertz CT molecular complexity index is 437. The summed E-state index contributed by atoms with van der Waals surface area (Å²) in [4.78, 5) is 12.6. The topological polar surface area (TPSA) is 121 Å². The largest absolute Gasteiger partial charge is 0.480 e. The number of rotatable bonds is 2. The predicted octanol–water partition coefficient (Wildman–Crippen LogP) is -2.37. The summed E-state index contributed by atoms with van der Waals surface area (Å²) >= 11 is 0. The smallest absolute Gasteiger partial charge is 0.325 e. The zero-order valence-electron chi connectivity index (χ0n) is 9.24. The quantitative estimate of drug-likeness (QED) is 0.509. The van der Waals surface area contributed by atoms with E-state index in [0.717, 1.165) is 0 Å². The molecule has 0 aromatic carbocycles. The minimum atomic E-state index is -3.22. The van der Waals surface area contributed by atoms with Crippen molar-refractivity contribution in [3.63, 3.8) is 0 Å². The highest BCUT2D eigenvalue weighted by Gasteiger charge is 2.48. The number of nitrogens with two attached hydrogens (primary N) is 1. The number of carboxylic acid groups (broad SMARTS) is 1. The highest BCUT2D eigenvalue weighted by Crippen LogP contribution is 2.26. The third kappa shape index (κ3) is 2.30. The van der Waals surface area contributed by atoms with Gasteiger partial charge in [0, 0.05) is 13.1 Å². The Kier molecular flexibility index (Phi) is 2.93. The number of hydrogen-bond donors (Lipinski definition) is 3. The summed E-state index contributed by atoms with van der Waals surface area (Å²) < 4.78 is 22.7. The molecular weight excluding hydrogens is 248 g/mol. The highest BCUT2D eigenvalue weighted by atomic mass is 32.2. The van der Waals surface area contributed by atoms with Gasteiger partial charge in [0.25, 0.3) is 0 Å². The van der Waals surface area contributed by atoms with Gasteiger partial charge in [-0.05, 0) is 6.42 Å². The second kappa shape index (κ2) is 3.91. The molecule has 0 saturated carbocycles. The van der Waals surface area contributed by atoms with Crippen LogP contribution in [0.3, 0.4) is 0 Å². The average molecular weight is 264 g/mol. The van der Waals surface area contributed by atoms with Crippen LogP contribution in [0.1, 0.15) is 6.42 Å². The second-order valence-corrected chi connectivity index (χ2v) is 7.05. The minimum Gasteiger partial charge on any atom is -0.480 e. The first-order valence-corrected chi connectivity index (χ1v) is 7.20. The average Bonchev–Trinajstić information content (AvgIpc) is 2.68. The number of carbonyl (C=O) groups is 1. The van der Waals surface area contributed by atoms with E-state index in [1.807, 2.05) is 0 Å². The van der Waals surface area contributed by atoms with E-state index in [2.05, 4.69) is 0 Å². The number of carboxylic acids is 1. The fraction of sp³-hybridized carbons (Fsp3) is 0.889. The molecule has 2 fully saturated rings. The molecule has 0 amide bonds. The molecule has 0 aliphatic carbocycles. The summed E-state index contributed by atoms with van der Waals surface area (Å²) in [6.45, 7) is 0.486. The van der Waals surface area contributed by atoms with Gasteiger partial charge in [-0.15, -0.1) is 0 Å². The first kappa shape index (κ1) is 12.7. The lowest BCUT2D eigenvalue weighted by Crippen LogP contribution is -2.52. The van der Waals surface area contributed by atoms with E-state index in [4.69, 9.17) is 10.8 Å². The van der Waals surface area contributed by atoms with Crippen molar-refractivity contribution in [1.82, 2.24) is 4.90 Å². The lowest BCUT2D eigenvalue weighted by atomic mass is 10.0. The fourth-order valence-electron chi connectivity index (χ4n) is 2.48. The molecule has 0 bridgehead atoms. The zero-order valence-corrected chi connectivity index (χ0v) is 10.1. The van der Waals surface area contributed by atoms with Crippen molar-refractivity contribution in [3.05, 3.63) is 0 Å². The van der Waals surface area contributed by atoms with E-state index in [1.165, 1.54) is 0 Å². The van der Waals surface area contributed by atoms with Crippen LogP contribution in [0.25, 0.3) is 0 Å². The summed E-state index contributed by atoms with van der Waals surface area (Å²) in [5, 5.41) is 18.7. The third-order valence-electron chi connectivity index (χ3n) is 3.52. The fourth-order valence-corrected chi connectivity index (χ4v) is 4.31. The highest BCUT2D eigenvalue weighted by molar-refractivity contribution is 7.91. The Morgan fingerprint density at radius 2 is 2.06 bits per heavy atom. The van der Waals surface area contributed by atoms with E-state index in [1.54, 1.807) is 4.90 Å². The number of aliphatic hydroxyl groups is 1. The lowest BCUT2D eigenvalue weighted by Gasteiger charge is -2.26. The van der Waals surface area contributed by atoms with Gasteiger partial charge in [0.05, 0.1) is 23.7 Å². The van der Waals surface area contributed by atoms with E-state index in [0.29, 0.717) is 6.54 Å². The van der Waals surface area contributed by atoms with E-state index >= 15 is 0 Å². The van der Waals surface area contributed by atoms with Crippen molar-refractivity contribution in [2.24, 2.45) is 5.73 Å². The Labute approximate surface area is 99.1 Å². The van der Waals surface area contributed by atoms with Gasteiger partial charge in [0.1, 0.15) is 5.54 Å². The molecule has 0 spiro atoms. The first-order valence-electron chi connectivity index (χ1n) is 5.38. The van der Waals surface area contributed by atoms with Gasteiger partial charge in [-0.2, -0.15) is 0 Å². The molecule has 2 aliphatic rings. The number of nitrogens with zero attached hydrogens (tertiary/aromatic N) is 1. The van der Waals surface area contributed by atoms with Crippen LogP contribution in [0.2, 0.25) is 0 Å². The molecule has 17 heavy (non-hydrogen) atoms. The maximum atomic E-state index is 11.4. The van der Waals surface area contributed by atoms with Gasteiger partial charge in [-0.1, -0.05) is 0 Å². The second-order valence-electron chi connectivity index (χ2n) is 4.89.